The van der Waals surface area contributed by atoms with Crippen LogP contribution in [0.1, 0.15) is 26.2 Å². The van der Waals surface area contributed by atoms with Crippen LogP contribution in [0.3, 0.4) is 0 Å². The second-order valence-electron chi connectivity index (χ2n) is 4.47. The van der Waals surface area contributed by atoms with Gasteiger partial charge in [0.1, 0.15) is 10.8 Å². The van der Waals surface area contributed by atoms with Crippen LogP contribution < -0.4 is 11.1 Å². The lowest BCUT2D eigenvalue weighted by molar-refractivity contribution is 0.439. The maximum Gasteiger partial charge on any atom is 0.222 e. The molecule has 16 heavy (non-hydrogen) atoms. The molecule has 0 aromatic carbocycles. The lowest BCUT2D eigenvalue weighted by Crippen LogP contribution is -2.17. The molecule has 1 aromatic rings. The molecule has 2 atom stereocenters. The van der Waals surface area contributed by atoms with E-state index >= 15 is 0 Å². The molecule has 1 saturated carbocycles. The van der Waals surface area contributed by atoms with Crippen molar-refractivity contribution in [2.24, 2.45) is 11.8 Å². The van der Waals surface area contributed by atoms with Gasteiger partial charge in [-0.2, -0.15) is 4.98 Å². The zero-order valence-electron chi connectivity index (χ0n) is 9.41. The fourth-order valence-electron chi connectivity index (χ4n) is 2.26. The number of aromatic nitrogens is 2. The van der Waals surface area contributed by atoms with Gasteiger partial charge in [0.2, 0.25) is 5.95 Å². The Bertz CT molecular complexity index is 369. The van der Waals surface area contributed by atoms with Gasteiger partial charge in [0, 0.05) is 6.54 Å². The van der Waals surface area contributed by atoms with Gasteiger partial charge in [-0.3, -0.25) is 0 Å². The highest BCUT2D eigenvalue weighted by molar-refractivity contribution is 6.32. The van der Waals surface area contributed by atoms with Gasteiger partial charge >= 0.3 is 0 Å². The smallest absolute Gasteiger partial charge is 0.222 e. The third-order valence-electron chi connectivity index (χ3n) is 3.33. The van der Waals surface area contributed by atoms with E-state index in [1.165, 1.54) is 25.5 Å². The molecule has 0 spiro atoms. The van der Waals surface area contributed by atoms with E-state index in [1.807, 2.05) is 0 Å². The van der Waals surface area contributed by atoms with E-state index < -0.39 is 0 Å². The number of nitrogens with zero attached hydrogens (tertiary/aromatic N) is 2. The summed E-state index contributed by atoms with van der Waals surface area (Å²) in [6, 6.07) is 0. The van der Waals surface area contributed by atoms with Gasteiger partial charge in [-0.1, -0.05) is 31.4 Å². The second kappa shape index (κ2) is 4.87. The molecule has 0 bridgehead atoms. The van der Waals surface area contributed by atoms with E-state index in [9.17, 15) is 0 Å². The largest absolute Gasteiger partial charge is 0.368 e. The van der Waals surface area contributed by atoms with Crippen molar-refractivity contribution in [1.82, 2.24) is 9.97 Å². The first-order chi connectivity index (χ1) is 7.66. The van der Waals surface area contributed by atoms with Crippen molar-refractivity contribution in [1.29, 1.82) is 0 Å². The van der Waals surface area contributed by atoms with Crippen molar-refractivity contribution in [3.63, 3.8) is 0 Å². The molecule has 2 unspecified atom stereocenters. The molecular formula is C11H17ClN4. The average Bonchev–Trinajstić information content (AvgIpc) is 2.66. The van der Waals surface area contributed by atoms with Crippen LogP contribution in [0, 0.1) is 11.8 Å². The van der Waals surface area contributed by atoms with Crippen LogP contribution in [-0.4, -0.2) is 16.5 Å². The molecule has 0 saturated heterocycles. The maximum atomic E-state index is 5.98. The van der Waals surface area contributed by atoms with Gasteiger partial charge in [-0.25, -0.2) is 4.98 Å². The SMILES string of the molecule is CC1CCCC1CNc1nc(N)ncc1Cl. The predicted octanol–water partition coefficient (Wildman–Crippen LogP) is 2.56. The van der Waals surface area contributed by atoms with Gasteiger partial charge in [0.05, 0.1) is 6.20 Å². The Morgan fingerprint density at radius 3 is 3.06 bits per heavy atom. The van der Waals surface area contributed by atoms with E-state index in [1.54, 1.807) is 0 Å². The second-order valence-corrected chi connectivity index (χ2v) is 4.88. The summed E-state index contributed by atoms with van der Waals surface area (Å²) in [4.78, 5) is 7.91. The molecule has 1 aliphatic carbocycles. The lowest BCUT2D eigenvalue weighted by Gasteiger charge is -2.16. The number of nitrogen functional groups attached to an aromatic ring is 1. The number of nitrogens with one attached hydrogen (secondary N) is 1. The Hall–Kier alpha value is -1.03. The molecule has 5 heteroatoms. The van der Waals surface area contributed by atoms with Crippen LogP contribution in [-0.2, 0) is 0 Å². The highest BCUT2D eigenvalue weighted by Gasteiger charge is 2.23. The van der Waals surface area contributed by atoms with Crippen molar-refractivity contribution in [2.75, 3.05) is 17.6 Å². The minimum Gasteiger partial charge on any atom is -0.368 e. The molecule has 0 aliphatic heterocycles. The van der Waals surface area contributed by atoms with Crippen LogP contribution in [0.4, 0.5) is 11.8 Å². The normalized spacial score (nSPS) is 24.6. The summed E-state index contributed by atoms with van der Waals surface area (Å²) in [7, 11) is 0. The van der Waals surface area contributed by atoms with Crippen LogP contribution in [0.5, 0.6) is 0 Å². The predicted molar refractivity (Wildman–Crippen MR) is 66.4 cm³/mol. The van der Waals surface area contributed by atoms with E-state index in [0.29, 0.717) is 16.8 Å². The summed E-state index contributed by atoms with van der Waals surface area (Å²) in [6.45, 7) is 3.21. The summed E-state index contributed by atoms with van der Waals surface area (Å²) in [5, 5.41) is 3.79. The third-order valence-corrected chi connectivity index (χ3v) is 3.61. The number of halogens is 1. The Labute approximate surface area is 101 Å². The first-order valence-corrected chi connectivity index (χ1v) is 6.06. The number of hydrogen-bond acceptors (Lipinski definition) is 4. The van der Waals surface area contributed by atoms with Crippen molar-refractivity contribution in [3.05, 3.63) is 11.2 Å². The van der Waals surface area contributed by atoms with E-state index in [2.05, 4.69) is 22.2 Å². The molecule has 1 fully saturated rings. The third kappa shape index (κ3) is 2.55. The van der Waals surface area contributed by atoms with Gasteiger partial charge < -0.3 is 11.1 Å². The quantitative estimate of drug-likeness (QED) is 0.852. The molecule has 88 valence electrons. The summed E-state index contributed by atoms with van der Waals surface area (Å²) in [5.74, 6) is 2.40. The Balaban J connectivity index is 1.96. The van der Waals surface area contributed by atoms with Crippen LogP contribution >= 0.6 is 11.6 Å². The molecule has 1 aliphatic rings. The first-order valence-electron chi connectivity index (χ1n) is 5.68. The molecule has 2 rings (SSSR count). The highest BCUT2D eigenvalue weighted by atomic mass is 35.5. The Morgan fingerprint density at radius 2 is 2.38 bits per heavy atom. The molecule has 0 amide bonds. The molecule has 0 radical (unpaired) electrons. The van der Waals surface area contributed by atoms with Crippen LogP contribution in [0.2, 0.25) is 5.02 Å². The highest BCUT2D eigenvalue weighted by Crippen LogP contribution is 2.31. The number of rotatable bonds is 3. The monoisotopic (exact) mass is 240 g/mol. The van der Waals surface area contributed by atoms with Gasteiger partial charge in [0.25, 0.3) is 0 Å². The standard InChI is InChI=1S/C11H17ClN4/c1-7-3-2-4-8(7)5-14-10-9(12)6-15-11(13)16-10/h6-8H,2-5H2,1H3,(H3,13,14,15,16). The van der Waals surface area contributed by atoms with E-state index in [0.717, 1.165) is 12.5 Å². The van der Waals surface area contributed by atoms with Crippen LogP contribution in [0.15, 0.2) is 6.20 Å². The van der Waals surface area contributed by atoms with Crippen LogP contribution in [0.25, 0.3) is 0 Å². The van der Waals surface area contributed by atoms with Gasteiger partial charge in [0.15, 0.2) is 0 Å². The van der Waals surface area contributed by atoms with Crippen molar-refractivity contribution >= 4 is 23.4 Å². The fraction of sp³-hybridized carbons (Fsp3) is 0.636. The Kier molecular flexibility index (Phi) is 3.49. The molecular weight excluding hydrogens is 224 g/mol. The van der Waals surface area contributed by atoms with Crippen molar-refractivity contribution in [3.8, 4) is 0 Å². The summed E-state index contributed by atoms with van der Waals surface area (Å²) < 4.78 is 0. The zero-order valence-corrected chi connectivity index (χ0v) is 10.2. The zero-order chi connectivity index (χ0) is 11.5. The van der Waals surface area contributed by atoms with E-state index in [4.69, 9.17) is 17.3 Å². The Morgan fingerprint density at radius 1 is 1.56 bits per heavy atom. The lowest BCUT2D eigenvalue weighted by atomic mass is 9.98. The fourth-order valence-corrected chi connectivity index (χ4v) is 2.42. The van der Waals surface area contributed by atoms with Crippen molar-refractivity contribution < 1.29 is 0 Å². The topological polar surface area (TPSA) is 63.8 Å². The first kappa shape index (κ1) is 11.5. The summed E-state index contributed by atoms with van der Waals surface area (Å²) in [6.07, 6.45) is 5.47. The van der Waals surface area contributed by atoms with Gasteiger partial charge in [-0.15, -0.1) is 0 Å². The minimum absolute atomic E-state index is 0.256. The van der Waals surface area contributed by atoms with E-state index in [-0.39, 0.29) is 5.95 Å². The summed E-state index contributed by atoms with van der Waals surface area (Å²) in [5.41, 5.74) is 5.52. The molecule has 4 nitrogen and oxygen atoms in total. The molecule has 1 aromatic heterocycles. The number of hydrogen-bond donors (Lipinski definition) is 2. The average molecular weight is 241 g/mol. The molecule has 1 heterocycles. The van der Waals surface area contributed by atoms with Crippen molar-refractivity contribution in [2.45, 2.75) is 26.2 Å². The number of anilines is 2. The minimum atomic E-state index is 0.256. The van der Waals surface area contributed by atoms with Gasteiger partial charge in [-0.05, 0) is 18.3 Å². The molecule has 3 N–H and O–H groups in total. The summed E-state index contributed by atoms with van der Waals surface area (Å²) >= 11 is 5.98. The maximum absolute atomic E-state index is 5.98. The number of nitrogens with two attached hydrogens (primary N) is 1.